The van der Waals surface area contributed by atoms with Crippen molar-refractivity contribution in [1.82, 2.24) is 5.32 Å². The second kappa shape index (κ2) is 6.56. The van der Waals surface area contributed by atoms with Gasteiger partial charge in [-0.25, -0.2) is 0 Å². The minimum Gasteiger partial charge on any atom is -0.410 e. The highest BCUT2D eigenvalue weighted by Crippen LogP contribution is 2.07. The number of oxime groups is 1. The zero-order chi connectivity index (χ0) is 12.7. The molecule has 1 amide bonds. The van der Waals surface area contributed by atoms with Gasteiger partial charge in [-0.1, -0.05) is 5.16 Å². The number of hydrogen-bond donors (Lipinski definition) is 2. The van der Waals surface area contributed by atoms with Gasteiger partial charge in [0, 0.05) is 13.0 Å². The van der Waals surface area contributed by atoms with Gasteiger partial charge < -0.3 is 19.7 Å². The van der Waals surface area contributed by atoms with Gasteiger partial charge in [0.2, 0.25) is 0 Å². The highest BCUT2D eigenvalue weighted by atomic mass is 16.5. The van der Waals surface area contributed by atoms with Crippen LogP contribution in [0.3, 0.4) is 0 Å². The second-order valence-electron chi connectivity index (χ2n) is 4.70. The number of nitrogens with zero attached hydrogens (tertiary/aromatic N) is 2. The van der Waals surface area contributed by atoms with E-state index in [1.165, 1.54) is 6.92 Å². The van der Waals surface area contributed by atoms with Crippen molar-refractivity contribution in [2.75, 3.05) is 46.4 Å². The lowest BCUT2D eigenvalue weighted by atomic mass is 10.3. The maximum Gasteiger partial charge on any atom is 0.268 e. The Morgan fingerprint density at radius 1 is 1.47 bits per heavy atom. The molecular formula is C11H22N3O3+. The standard InChI is InChI=1S/C11H21N3O3/c1-10(13-16)11(15)12-4-3-5-14(2)6-8-17-9-7-14/h3-9H2,1-2H3,(H-,12,15,16)/p+1. The van der Waals surface area contributed by atoms with Gasteiger partial charge in [0.05, 0.1) is 26.8 Å². The minimum atomic E-state index is -0.308. The summed E-state index contributed by atoms with van der Waals surface area (Å²) in [6, 6.07) is 0. The first-order valence-electron chi connectivity index (χ1n) is 5.95. The van der Waals surface area contributed by atoms with Crippen LogP contribution in [0.2, 0.25) is 0 Å². The van der Waals surface area contributed by atoms with E-state index in [1.54, 1.807) is 0 Å². The molecule has 1 saturated heterocycles. The Hall–Kier alpha value is -1.14. The maximum absolute atomic E-state index is 11.3. The maximum atomic E-state index is 11.3. The van der Waals surface area contributed by atoms with Crippen LogP contribution in [0.25, 0.3) is 0 Å². The number of nitrogens with one attached hydrogen (secondary N) is 1. The molecule has 0 atom stereocenters. The predicted molar refractivity (Wildman–Crippen MR) is 64.1 cm³/mol. The minimum absolute atomic E-state index is 0.0942. The van der Waals surface area contributed by atoms with E-state index < -0.39 is 0 Å². The molecule has 0 aromatic carbocycles. The average Bonchev–Trinajstić information content (AvgIpc) is 2.34. The first-order chi connectivity index (χ1) is 8.07. The molecule has 1 aliphatic heterocycles. The predicted octanol–water partition coefficient (Wildman–Crippen LogP) is -0.180. The van der Waals surface area contributed by atoms with Crippen LogP contribution in [0.5, 0.6) is 0 Å². The van der Waals surface area contributed by atoms with Gasteiger partial charge in [-0.2, -0.15) is 0 Å². The smallest absolute Gasteiger partial charge is 0.268 e. The molecule has 1 rings (SSSR count). The zero-order valence-corrected chi connectivity index (χ0v) is 10.6. The number of ether oxygens (including phenoxy) is 1. The highest BCUT2D eigenvalue weighted by Gasteiger charge is 2.24. The average molecular weight is 244 g/mol. The van der Waals surface area contributed by atoms with Gasteiger partial charge in [-0.15, -0.1) is 0 Å². The first-order valence-corrected chi connectivity index (χ1v) is 5.95. The van der Waals surface area contributed by atoms with Crippen molar-refractivity contribution in [2.45, 2.75) is 13.3 Å². The molecule has 2 N–H and O–H groups in total. The molecule has 98 valence electrons. The number of likely N-dealkylation sites (N-methyl/N-ethyl adjacent to an activating group) is 1. The van der Waals surface area contributed by atoms with Gasteiger partial charge in [0.15, 0.2) is 0 Å². The van der Waals surface area contributed by atoms with Gasteiger partial charge in [0.25, 0.3) is 5.91 Å². The molecule has 0 aliphatic carbocycles. The van der Waals surface area contributed by atoms with E-state index in [1.807, 2.05) is 0 Å². The van der Waals surface area contributed by atoms with E-state index in [-0.39, 0.29) is 11.6 Å². The second-order valence-corrected chi connectivity index (χ2v) is 4.70. The molecule has 6 nitrogen and oxygen atoms in total. The highest BCUT2D eigenvalue weighted by molar-refractivity contribution is 6.37. The lowest BCUT2D eigenvalue weighted by Gasteiger charge is -2.37. The van der Waals surface area contributed by atoms with Crippen LogP contribution in [0, 0.1) is 0 Å². The van der Waals surface area contributed by atoms with Crippen molar-refractivity contribution in [1.29, 1.82) is 0 Å². The summed E-state index contributed by atoms with van der Waals surface area (Å²) in [5.41, 5.74) is 0.0942. The van der Waals surface area contributed by atoms with Gasteiger partial charge >= 0.3 is 0 Å². The van der Waals surface area contributed by atoms with Crippen LogP contribution in [0.15, 0.2) is 5.16 Å². The summed E-state index contributed by atoms with van der Waals surface area (Å²) < 4.78 is 6.33. The normalized spacial score (nSPS) is 20.0. The molecule has 0 aromatic heterocycles. The Kier molecular flexibility index (Phi) is 5.37. The largest absolute Gasteiger partial charge is 0.410 e. The number of amides is 1. The van der Waals surface area contributed by atoms with E-state index in [9.17, 15) is 4.79 Å². The molecule has 1 aliphatic rings. The van der Waals surface area contributed by atoms with E-state index in [0.717, 1.165) is 43.8 Å². The molecule has 0 spiro atoms. The molecule has 0 radical (unpaired) electrons. The van der Waals surface area contributed by atoms with Crippen LogP contribution >= 0.6 is 0 Å². The van der Waals surface area contributed by atoms with E-state index >= 15 is 0 Å². The van der Waals surface area contributed by atoms with Crippen molar-refractivity contribution in [3.05, 3.63) is 0 Å². The molecule has 0 aromatic rings. The molecular weight excluding hydrogens is 222 g/mol. The van der Waals surface area contributed by atoms with Crippen molar-refractivity contribution in [2.24, 2.45) is 5.16 Å². The van der Waals surface area contributed by atoms with Gasteiger partial charge in [-0.3, -0.25) is 4.79 Å². The summed E-state index contributed by atoms with van der Waals surface area (Å²) in [5, 5.41) is 14.0. The van der Waals surface area contributed by atoms with Crippen molar-refractivity contribution in [3.8, 4) is 0 Å². The van der Waals surface area contributed by atoms with Crippen molar-refractivity contribution in [3.63, 3.8) is 0 Å². The monoisotopic (exact) mass is 244 g/mol. The molecule has 1 fully saturated rings. The number of rotatable bonds is 5. The molecule has 17 heavy (non-hydrogen) atoms. The number of hydrogen-bond acceptors (Lipinski definition) is 4. The number of quaternary nitrogens is 1. The molecule has 0 unspecified atom stereocenters. The third-order valence-electron chi connectivity index (χ3n) is 3.19. The summed E-state index contributed by atoms with van der Waals surface area (Å²) in [6.45, 7) is 6.82. The Bertz CT molecular complexity index is 286. The Labute approximate surface area is 102 Å². The van der Waals surface area contributed by atoms with Crippen molar-refractivity contribution >= 4 is 11.6 Å². The fourth-order valence-corrected chi connectivity index (χ4v) is 1.84. The van der Waals surface area contributed by atoms with E-state index in [0.29, 0.717) is 6.54 Å². The third-order valence-corrected chi connectivity index (χ3v) is 3.19. The fraction of sp³-hybridized carbons (Fsp3) is 0.818. The summed E-state index contributed by atoms with van der Waals surface area (Å²) in [7, 11) is 2.21. The number of carbonyl (C=O) groups is 1. The zero-order valence-electron chi connectivity index (χ0n) is 10.6. The topological polar surface area (TPSA) is 70.9 Å². The van der Waals surface area contributed by atoms with Crippen molar-refractivity contribution < 1.29 is 19.2 Å². The summed E-state index contributed by atoms with van der Waals surface area (Å²) in [5.74, 6) is -0.308. The Morgan fingerprint density at radius 2 is 2.12 bits per heavy atom. The molecule has 1 heterocycles. The molecule has 6 heteroatoms. The SMILES string of the molecule is C/C(=N/O)C(=O)NCCC[N+]1(C)CCOCC1. The van der Waals surface area contributed by atoms with Crippen LogP contribution in [-0.4, -0.2) is 67.7 Å². The van der Waals surface area contributed by atoms with E-state index in [2.05, 4.69) is 17.5 Å². The lowest BCUT2D eigenvalue weighted by Crippen LogP contribution is -2.52. The Balaban J connectivity index is 2.17. The fourth-order valence-electron chi connectivity index (χ4n) is 1.84. The lowest BCUT2D eigenvalue weighted by molar-refractivity contribution is -0.916. The summed E-state index contributed by atoms with van der Waals surface area (Å²) >= 11 is 0. The number of morpholine rings is 1. The van der Waals surface area contributed by atoms with Gasteiger partial charge in [-0.05, 0) is 6.92 Å². The number of carbonyl (C=O) groups excluding carboxylic acids is 1. The first kappa shape index (κ1) is 13.9. The molecule has 0 bridgehead atoms. The molecule has 0 saturated carbocycles. The van der Waals surface area contributed by atoms with Gasteiger partial charge in [0.1, 0.15) is 18.8 Å². The van der Waals surface area contributed by atoms with Crippen LogP contribution in [-0.2, 0) is 9.53 Å². The Morgan fingerprint density at radius 3 is 2.71 bits per heavy atom. The van der Waals surface area contributed by atoms with Crippen LogP contribution in [0.1, 0.15) is 13.3 Å². The summed E-state index contributed by atoms with van der Waals surface area (Å²) in [4.78, 5) is 11.3. The van der Waals surface area contributed by atoms with E-state index in [4.69, 9.17) is 9.94 Å². The summed E-state index contributed by atoms with van der Waals surface area (Å²) in [6.07, 6.45) is 0.918. The third kappa shape index (κ3) is 4.70. The quantitative estimate of drug-likeness (QED) is 0.232. The van der Waals surface area contributed by atoms with Crippen LogP contribution in [0.4, 0.5) is 0 Å². The van der Waals surface area contributed by atoms with Crippen LogP contribution < -0.4 is 5.32 Å².